The standard InChI is InChI=1S/C18H18ClF2N5O/c1-11-7-15(18(20)21)23-26(11)10-17(27)22-16-8-12(2)25(24-16)9-13-5-3-4-6-14(13)19/h3-8,18H,9-10H2,1-2H3,(H,22,24,27). The van der Waals surface area contributed by atoms with Crippen LogP contribution in [0, 0.1) is 13.8 Å². The van der Waals surface area contributed by atoms with E-state index >= 15 is 0 Å². The smallest absolute Gasteiger partial charge is 0.282 e. The molecule has 1 amide bonds. The van der Waals surface area contributed by atoms with E-state index in [1.807, 2.05) is 25.1 Å². The molecule has 0 bridgehead atoms. The monoisotopic (exact) mass is 393 g/mol. The van der Waals surface area contributed by atoms with Gasteiger partial charge in [0.15, 0.2) is 5.82 Å². The van der Waals surface area contributed by atoms with Crippen molar-refractivity contribution in [3.8, 4) is 0 Å². The summed E-state index contributed by atoms with van der Waals surface area (Å²) in [5, 5.41) is 11.4. The maximum atomic E-state index is 12.7. The first-order valence-corrected chi connectivity index (χ1v) is 8.61. The third kappa shape index (κ3) is 4.51. The van der Waals surface area contributed by atoms with Gasteiger partial charge in [-0.15, -0.1) is 0 Å². The summed E-state index contributed by atoms with van der Waals surface area (Å²) in [5.41, 5.74) is 1.90. The number of anilines is 1. The molecule has 142 valence electrons. The topological polar surface area (TPSA) is 64.7 Å². The summed E-state index contributed by atoms with van der Waals surface area (Å²) in [6.07, 6.45) is -2.67. The molecule has 0 aliphatic carbocycles. The molecular weight excluding hydrogens is 376 g/mol. The van der Waals surface area contributed by atoms with Crippen molar-refractivity contribution in [2.24, 2.45) is 0 Å². The third-order valence-electron chi connectivity index (χ3n) is 4.04. The minimum absolute atomic E-state index is 0.172. The second-order valence-corrected chi connectivity index (χ2v) is 6.54. The summed E-state index contributed by atoms with van der Waals surface area (Å²) in [4.78, 5) is 12.2. The Morgan fingerprint density at radius 1 is 1.15 bits per heavy atom. The van der Waals surface area contributed by atoms with Gasteiger partial charge in [0.1, 0.15) is 12.2 Å². The number of carbonyl (C=O) groups is 1. The van der Waals surface area contributed by atoms with Gasteiger partial charge in [-0.05, 0) is 31.5 Å². The van der Waals surface area contributed by atoms with Gasteiger partial charge in [-0.3, -0.25) is 14.2 Å². The molecule has 6 nitrogen and oxygen atoms in total. The number of carbonyl (C=O) groups excluding carboxylic acids is 1. The largest absolute Gasteiger partial charge is 0.308 e. The van der Waals surface area contributed by atoms with Gasteiger partial charge in [0.25, 0.3) is 6.43 Å². The normalized spacial score (nSPS) is 11.2. The zero-order valence-corrected chi connectivity index (χ0v) is 15.5. The Labute approximate surface area is 159 Å². The Hall–Kier alpha value is -2.74. The number of amides is 1. The highest BCUT2D eigenvalue weighted by Gasteiger charge is 2.16. The number of aromatic nitrogens is 4. The van der Waals surface area contributed by atoms with Crippen LogP contribution in [0.1, 0.15) is 29.1 Å². The van der Waals surface area contributed by atoms with E-state index in [4.69, 9.17) is 11.6 Å². The first kappa shape index (κ1) is 19.0. The van der Waals surface area contributed by atoms with Gasteiger partial charge in [0.05, 0.1) is 6.54 Å². The summed E-state index contributed by atoms with van der Waals surface area (Å²) in [7, 11) is 0. The third-order valence-corrected chi connectivity index (χ3v) is 4.41. The number of nitrogens with zero attached hydrogens (tertiary/aromatic N) is 4. The highest BCUT2D eigenvalue weighted by atomic mass is 35.5. The molecule has 0 radical (unpaired) electrons. The first-order chi connectivity index (χ1) is 12.8. The Kier molecular flexibility index (Phi) is 5.55. The molecule has 3 rings (SSSR count). The van der Waals surface area contributed by atoms with Crippen LogP contribution in [-0.2, 0) is 17.9 Å². The highest BCUT2D eigenvalue weighted by Crippen LogP contribution is 2.19. The van der Waals surface area contributed by atoms with E-state index in [-0.39, 0.29) is 12.2 Å². The zero-order chi connectivity index (χ0) is 19.6. The van der Waals surface area contributed by atoms with Crippen LogP contribution in [0.4, 0.5) is 14.6 Å². The first-order valence-electron chi connectivity index (χ1n) is 8.23. The molecule has 9 heteroatoms. The molecule has 1 N–H and O–H groups in total. The van der Waals surface area contributed by atoms with Crippen LogP contribution < -0.4 is 5.32 Å². The molecule has 0 atom stereocenters. The van der Waals surface area contributed by atoms with Crippen molar-refractivity contribution in [3.63, 3.8) is 0 Å². The molecule has 2 heterocycles. The molecule has 27 heavy (non-hydrogen) atoms. The summed E-state index contributed by atoms with van der Waals surface area (Å²) in [6, 6.07) is 10.4. The van der Waals surface area contributed by atoms with Crippen molar-refractivity contribution in [3.05, 3.63) is 64.1 Å². The number of alkyl halides is 2. The molecule has 1 aromatic carbocycles. The zero-order valence-electron chi connectivity index (χ0n) is 14.8. The summed E-state index contributed by atoms with van der Waals surface area (Å²) in [5.74, 6) is -0.0205. The van der Waals surface area contributed by atoms with Crippen LogP contribution in [-0.4, -0.2) is 25.5 Å². The molecular formula is C18H18ClF2N5O. The van der Waals surface area contributed by atoms with Crippen LogP contribution in [0.3, 0.4) is 0 Å². The number of nitrogens with one attached hydrogen (secondary N) is 1. The average Bonchev–Trinajstić information content (AvgIpc) is 3.13. The van der Waals surface area contributed by atoms with Crippen molar-refractivity contribution in [2.45, 2.75) is 33.4 Å². The molecule has 3 aromatic rings. The highest BCUT2D eigenvalue weighted by molar-refractivity contribution is 6.31. The van der Waals surface area contributed by atoms with E-state index in [0.717, 1.165) is 11.3 Å². The average molecular weight is 394 g/mol. The fourth-order valence-corrected chi connectivity index (χ4v) is 2.84. The molecule has 0 spiro atoms. The predicted octanol–water partition coefficient (Wildman–Crippen LogP) is 3.97. The molecule has 0 fully saturated rings. The SMILES string of the molecule is Cc1cc(NC(=O)Cn2nc(C(F)F)cc2C)nn1Cc1ccccc1Cl. The lowest BCUT2D eigenvalue weighted by molar-refractivity contribution is -0.117. The Bertz CT molecular complexity index is 967. The minimum atomic E-state index is -2.67. The second kappa shape index (κ2) is 7.87. The van der Waals surface area contributed by atoms with Crippen molar-refractivity contribution < 1.29 is 13.6 Å². The molecule has 0 saturated carbocycles. The number of rotatable bonds is 6. The summed E-state index contributed by atoms with van der Waals surface area (Å²) in [6.45, 7) is 3.78. The molecule has 0 unspecified atom stereocenters. The fraction of sp³-hybridized carbons (Fsp3) is 0.278. The second-order valence-electron chi connectivity index (χ2n) is 6.14. The number of hydrogen-bond acceptors (Lipinski definition) is 3. The maximum Gasteiger partial charge on any atom is 0.282 e. The van der Waals surface area contributed by atoms with Crippen molar-refractivity contribution in [2.75, 3.05) is 5.32 Å². The van der Waals surface area contributed by atoms with E-state index in [9.17, 15) is 13.6 Å². The Morgan fingerprint density at radius 2 is 1.85 bits per heavy atom. The van der Waals surface area contributed by atoms with Gasteiger partial charge in [-0.25, -0.2) is 8.78 Å². The van der Waals surface area contributed by atoms with E-state index < -0.39 is 12.3 Å². The molecule has 0 aliphatic heterocycles. The van der Waals surface area contributed by atoms with Crippen LogP contribution in [0.5, 0.6) is 0 Å². The van der Waals surface area contributed by atoms with Gasteiger partial charge in [0, 0.05) is 22.5 Å². The van der Waals surface area contributed by atoms with Crippen molar-refractivity contribution in [1.29, 1.82) is 0 Å². The number of benzene rings is 1. The van der Waals surface area contributed by atoms with E-state index in [0.29, 0.717) is 23.1 Å². The minimum Gasteiger partial charge on any atom is -0.308 e. The van der Waals surface area contributed by atoms with E-state index in [1.165, 1.54) is 10.7 Å². The van der Waals surface area contributed by atoms with Gasteiger partial charge < -0.3 is 5.32 Å². The summed E-state index contributed by atoms with van der Waals surface area (Å²) < 4.78 is 28.4. The number of halogens is 3. The fourth-order valence-electron chi connectivity index (χ4n) is 2.64. The van der Waals surface area contributed by atoms with Gasteiger partial charge in [-0.2, -0.15) is 10.2 Å². The van der Waals surface area contributed by atoms with Gasteiger partial charge in [-0.1, -0.05) is 29.8 Å². The van der Waals surface area contributed by atoms with E-state index in [2.05, 4.69) is 15.5 Å². The van der Waals surface area contributed by atoms with E-state index in [1.54, 1.807) is 23.7 Å². The van der Waals surface area contributed by atoms with Crippen molar-refractivity contribution >= 4 is 23.3 Å². The molecule has 2 aromatic heterocycles. The van der Waals surface area contributed by atoms with Crippen molar-refractivity contribution in [1.82, 2.24) is 19.6 Å². The Balaban J connectivity index is 1.68. The van der Waals surface area contributed by atoms with Crippen LogP contribution in [0.15, 0.2) is 36.4 Å². The lowest BCUT2D eigenvalue weighted by atomic mass is 10.2. The number of hydrogen-bond donors (Lipinski definition) is 1. The summed E-state index contributed by atoms with van der Waals surface area (Å²) >= 11 is 6.17. The quantitative estimate of drug-likeness (QED) is 0.689. The lowest BCUT2D eigenvalue weighted by Gasteiger charge is -2.06. The van der Waals surface area contributed by atoms with Gasteiger partial charge >= 0.3 is 0 Å². The number of aryl methyl sites for hydroxylation is 2. The lowest BCUT2D eigenvalue weighted by Crippen LogP contribution is -2.20. The predicted molar refractivity (Wildman–Crippen MR) is 98.1 cm³/mol. The maximum absolute atomic E-state index is 12.7. The Morgan fingerprint density at radius 3 is 2.52 bits per heavy atom. The van der Waals surface area contributed by atoms with Gasteiger partial charge in [0.2, 0.25) is 5.91 Å². The molecule has 0 aliphatic rings. The molecule has 0 saturated heterocycles. The van der Waals surface area contributed by atoms with Crippen LogP contribution >= 0.6 is 11.6 Å². The van der Waals surface area contributed by atoms with Crippen LogP contribution in [0.2, 0.25) is 5.02 Å². The van der Waals surface area contributed by atoms with Crippen LogP contribution in [0.25, 0.3) is 0 Å².